The molecule has 108 valence electrons. The monoisotopic (exact) mass is 296 g/mol. The van der Waals surface area contributed by atoms with E-state index < -0.39 is 6.04 Å². The molecule has 0 amide bonds. The van der Waals surface area contributed by atoms with Crippen molar-refractivity contribution in [2.24, 2.45) is 0 Å². The van der Waals surface area contributed by atoms with Crippen LogP contribution in [0.2, 0.25) is 0 Å². The molecule has 0 aliphatic heterocycles. The topological polar surface area (TPSA) is 91.7 Å². The Morgan fingerprint density at radius 3 is 2.85 bits per heavy atom. The average molecular weight is 296 g/mol. The number of ether oxygens (including phenoxy) is 1. The molecule has 0 unspecified atom stereocenters. The Kier molecular flexibility index (Phi) is 4.89. The molecule has 0 bridgehead atoms. The molecule has 0 radical (unpaired) electrons. The molecule has 0 atom stereocenters. The van der Waals surface area contributed by atoms with Gasteiger partial charge in [0.25, 0.3) is 0 Å². The van der Waals surface area contributed by atoms with Crippen LogP contribution in [-0.2, 0) is 4.74 Å². The van der Waals surface area contributed by atoms with Crippen LogP contribution >= 0.6 is 11.3 Å². The Bertz CT molecular complexity index is 595. The number of carbonyl (C=O) groups is 1. The number of rotatable bonds is 6. The number of thiophene rings is 1. The SMILES string of the molecule is CCOC(=O)c1cc2ccc(NC(CO)CO)nc2s1. The Labute approximate surface area is 120 Å². The lowest BCUT2D eigenvalue weighted by Gasteiger charge is -2.13. The standard InChI is InChI=1S/C13H16N2O4S/c1-2-19-13(18)10-5-8-3-4-11(15-12(8)20-10)14-9(6-16)7-17/h3-5,9,16-17H,2,6-7H2,1H3,(H,14,15). The number of anilines is 1. The van der Waals surface area contributed by atoms with Crippen LogP contribution in [0.15, 0.2) is 18.2 Å². The van der Waals surface area contributed by atoms with Gasteiger partial charge in [0.15, 0.2) is 0 Å². The summed E-state index contributed by atoms with van der Waals surface area (Å²) in [5.74, 6) is 0.191. The van der Waals surface area contributed by atoms with E-state index in [9.17, 15) is 4.79 Å². The molecular weight excluding hydrogens is 280 g/mol. The molecule has 2 aromatic heterocycles. The van der Waals surface area contributed by atoms with Gasteiger partial charge in [-0.1, -0.05) is 0 Å². The van der Waals surface area contributed by atoms with E-state index in [0.29, 0.717) is 22.1 Å². The summed E-state index contributed by atoms with van der Waals surface area (Å²) < 4.78 is 4.95. The van der Waals surface area contributed by atoms with Gasteiger partial charge < -0.3 is 20.3 Å². The lowest BCUT2D eigenvalue weighted by atomic mass is 10.3. The number of aliphatic hydroxyl groups is 2. The van der Waals surface area contributed by atoms with Crippen LogP contribution in [0.4, 0.5) is 5.82 Å². The summed E-state index contributed by atoms with van der Waals surface area (Å²) >= 11 is 1.25. The minimum absolute atomic E-state index is 0.186. The lowest BCUT2D eigenvalue weighted by molar-refractivity contribution is 0.0532. The minimum atomic E-state index is -0.454. The summed E-state index contributed by atoms with van der Waals surface area (Å²) in [5, 5.41) is 21.8. The fourth-order valence-corrected chi connectivity index (χ4v) is 2.58. The molecule has 2 heterocycles. The van der Waals surface area contributed by atoms with Crippen molar-refractivity contribution < 1.29 is 19.7 Å². The summed E-state index contributed by atoms with van der Waals surface area (Å²) in [7, 11) is 0. The molecule has 0 saturated heterocycles. The Hall–Kier alpha value is -1.70. The van der Waals surface area contributed by atoms with Gasteiger partial charge >= 0.3 is 5.97 Å². The third-order valence-corrected chi connectivity index (χ3v) is 3.68. The summed E-state index contributed by atoms with van der Waals surface area (Å²) in [6, 6.07) is 4.85. The van der Waals surface area contributed by atoms with Crippen molar-refractivity contribution in [1.82, 2.24) is 4.98 Å². The van der Waals surface area contributed by atoms with Crippen molar-refractivity contribution in [3.8, 4) is 0 Å². The largest absolute Gasteiger partial charge is 0.462 e. The lowest BCUT2D eigenvalue weighted by Crippen LogP contribution is -2.27. The number of hydrogen-bond donors (Lipinski definition) is 3. The van der Waals surface area contributed by atoms with Crippen molar-refractivity contribution in [3.63, 3.8) is 0 Å². The van der Waals surface area contributed by atoms with Crippen LogP contribution in [0.1, 0.15) is 16.6 Å². The number of aliphatic hydroxyl groups excluding tert-OH is 2. The number of hydrogen-bond acceptors (Lipinski definition) is 7. The van der Waals surface area contributed by atoms with E-state index in [1.165, 1.54) is 11.3 Å². The molecule has 0 aromatic carbocycles. The molecule has 3 N–H and O–H groups in total. The first-order chi connectivity index (χ1) is 9.67. The van der Waals surface area contributed by atoms with E-state index in [2.05, 4.69) is 10.3 Å². The first-order valence-corrected chi connectivity index (χ1v) is 7.05. The highest BCUT2D eigenvalue weighted by molar-refractivity contribution is 7.20. The van der Waals surface area contributed by atoms with Gasteiger partial charge in [-0.15, -0.1) is 11.3 Å². The zero-order chi connectivity index (χ0) is 14.5. The van der Waals surface area contributed by atoms with Gasteiger partial charge in [0.1, 0.15) is 15.5 Å². The fraction of sp³-hybridized carbons (Fsp3) is 0.385. The van der Waals surface area contributed by atoms with Crippen LogP contribution < -0.4 is 5.32 Å². The van der Waals surface area contributed by atoms with Crippen molar-refractivity contribution >= 4 is 33.3 Å². The predicted molar refractivity (Wildman–Crippen MR) is 77.2 cm³/mol. The van der Waals surface area contributed by atoms with E-state index in [-0.39, 0.29) is 19.2 Å². The molecule has 0 aliphatic carbocycles. The van der Waals surface area contributed by atoms with Gasteiger partial charge in [0, 0.05) is 5.39 Å². The maximum Gasteiger partial charge on any atom is 0.348 e. The van der Waals surface area contributed by atoms with Crippen LogP contribution in [0, 0.1) is 0 Å². The Morgan fingerprint density at radius 1 is 1.45 bits per heavy atom. The number of esters is 1. The number of pyridine rings is 1. The second-order valence-corrected chi connectivity index (χ2v) is 5.16. The van der Waals surface area contributed by atoms with Crippen LogP contribution in [0.25, 0.3) is 10.2 Å². The highest BCUT2D eigenvalue weighted by Crippen LogP contribution is 2.26. The molecule has 2 rings (SSSR count). The maximum atomic E-state index is 11.6. The van der Waals surface area contributed by atoms with Crippen molar-refractivity contribution in [3.05, 3.63) is 23.1 Å². The normalized spacial score (nSPS) is 11.0. The van der Waals surface area contributed by atoms with Gasteiger partial charge in [0.2, 0.25) is 0 Å². The number of carbonyl (C=O) groups excluding carboxylic acids is 1. The molecule has 0 fully saturated rings. The number of fused-ring (bicyclic) bond motifs is 1. The second kappa shape index (κ2) is 6.65. The molecule has 6 nitrogen and oxygen atoms in total. The average Bonchev–Trinajstić information content (AvgIpc) is 2.88. The number of aromatic nitrogens is 1. The summed E-state index contributed by atoms with van der Waals surface area (Å²) in [6.07, 6.45) is 0. The summed E-state index contributed by atoms with van der Waals surface area (Å²) in [4.78, 5) is 17.2. The molecule has 7 heteroatoms. The van der Waals surface area contributed by atoms with Crippen LogP contribution in [0.3, 0.4) is 0 Å². The van der Waals surface area contributed by atoms with E-state index in [1.54, 1.807) is 19.1 Å². The maximum absolute atomic E-state index is 11.6. The number of nitrogens with zero attached hydrogens (tertiary/aromatic N) is 1. The Morgan fingerprint density at radius 2 is 2.20 bits per heavy atom. The Balaban J connectivity index is 2.23. The van der Waals surface area contributed by atoms with Crippen molar-refractivity contribution in [1.29, 1.82) is 0 Å². The van der Waals surface area contributed by atoms with E-state index in [1.807, 2.05) is 6.07 Å². The first-order valence-electron chi connectivity index (χ1n) is 6.24. The van der Waals surface area contributed by atoms with E-state index >= 15 is 0 Å². The third-order valence-electron chi connectivity index (χ3n) is 2.65. The third kappa shape index (κ3) is 3.24. The van der Waals surface area contributed by atoms with Gasteiger partial charge in [-0.3, -0.25) is 0 Å². The van der Waals surface area contributed by atoms with Gasteiger partial charge in [-0.25, -0.2) is 9.78 Å². The highest BCUT2D eigenvalue weighted by Gasteiger charge is 2.13. The van der Waals surface area contributed by atoms with Gasteiger partial charge in [0.05, 0.1) is 25.9 Å². The second-order valence-electron chi connectivity index (χ2n) is 4.13. The first kappa shape index (κ1) is 14.7. The number of nitrogens with one attached hydrogen (secondary N) is 1. The molecule has 0 saturated carbocycles. The minimum Gasteiger partial charge on any atom is -0.462 e. The van der Waals surface area contributed by atoms with E-state index in [4.69, 9.17) is 14.9 Å². The van der Waals surface area contributed by atoms with Crippen molar-refractivity contribution in [2.45, 2.75) is 13.0 Å². The zero-order valence-electron chi connectivity index (χ0n) is 11.0. The van der Waals surface area contributed by atoms with Crippen LogP contribution in [-0.4, -0.2) is 47.0 Å². The summed E-state index contributed by atoms with van der Waals surface area (Å²) in [5.41, 5.74) is 0. The molecule has 2 aromatic rings. The highest BCUT2D eigenvalue weighted by atomic mass is 32.1. The zero-order valence-corrected chi connectivity index (χ0v) is 11.8. The van der Waals surface area contributed by atoms with E-state index in [0.717, 1.165) is 5.39 Å². The van der Waals surface area contributed by atoms with Crippen LogP contribution in [0.5, 0.6) is 0 Å². The van der Waals surface area contributed by atoms with Gasteiger partial charge in [-0.05, 0) is 25.1 Å². The quantitative estimate of drug-likeness (QED) is 0.695. The predicted octanol–water partition coefficient (Wildman–Crippen LogP) is 1.24. The fourth-order valence-electron chi connectivity index (χ4n) is 1.66. The molecule has 0 aliphatic rings. The summed E-state index contributed by atoms with van der Waals surface area (Å²) in [6.45, 7) is 1.72. The molecular formula is C13H16N2O4S. The smallest absolute Gasteiger partial charge is 0.348 e. The molecule has 0 spiro atoms. The van der Waals surface area contributed by atoms with Gasteiger partial charge in [-0.2, -0.15) is 0 Å². The molecule has 20 heavy (non-hydrogen) atoms. The van der Waals surface area contributed by atoms with Crippen molar-refractivity contribution in [2.75, 3.05) is 25.1 Å².